The number of thioether (sulfide) groups is 1. The topological polar surface area (TPSA) is 468 Å². The van der Waals surface area contributed by atoms with E-state index in [0.717, 1.165) is 57.7 Å². The van der Waals surface area contributed by atoms with Crippen molar-refractivity contribution in [3.05, 3.63) is 287 Å². The highest BCUT2D eigenvalue weighted by molar-refractivity contribution is 14.1. The summed E-state index contributed by atoms with van der Waals surface area (Å²) in [5.74, 6) is 3.60. The van der Waals surface area contributed by atoms with Crippen LogP contribution in [0.3, 0.4) is 0 Å². The molecule has 4 heterocycles. The molecule has 0 fully saturated rings. The number of hydrogen-bond acceptors (Lipinski definition) is 21. The van der Waals surface area contributed by atoms with Crippen LogP contribution < -0.4 is 28.5 Å². The summed E-state index contributed by atoms with van der Waals surface area (Å²) in [7, 11) is 0. The summed E-state index contributed by atoms with van der Waals surface area (Å²) in [6.45, 7) is 3.58. The summed E-state index contributed by atoms with van der Waals surface area (Å²) >= 11 is 54.0. The molecule has 0 saturated heterocycles. The van der Waals surface area contributed by atoms with Gasteiger partial charge in [0.05, 0.1) is 11.1 Å². The van der Waals surface area contributed by atoms with E-state index in [1.807, 2.05) is 65.8 Å². The van der Waals surface area contributed by atoms with Gasteiger partial charge in [0.25, 0.3) is 5.91 Å². The van der Waals surface area contributed by atoms with Crippen molar-refractivity contribution in [2.45, 2.75) is 27.4 Å². The number of aliphatic carboxylic acids is 2. The molecule has 10 aromatic rings. The van der Waals surface area contributed by atoms with E-state index in [9.17, 15) is 33.6 Å². The van der Waals surface area contributed by atoms with E-state index in [4.69, 9.17) is 148 Å². The van der Waals surface area contributed by atoms with Gasteiger partial charge in [-0.15, -0.1) is 59.7 Å². The van der Waals surface area contributed by atoms with Crippen molar-refractivity contribution in [1.29, 1.82) is 5.41 Å². The zero-order chi connectivity index (χ0) is 84.0. The molecule has 3 aromatic heterocycles. The number of carboxylic acids is 2. The van der Waals surface area contributed by atoms with Crippen LogP contribution in [-0.2, 0) is 43.0 Å². The van der Waals surface area contributed by atoms with E-state index in [1.54, 1.807) is 129 Å². The van der Waals surface area contributed by atoms with E-state index in [1.165, 1.54) is 42.1 Å². The second-order valence-corrected chi connectivity index (χ2v) is 25.6. The van der Waals surface area contributed by atoms with Crippen LogP contribution in [0.4, 0.5) is 0 Å². The van der Waals surface area contributed by atoms with Gasteiger partial charge in [-0.3, -0.25) is 30.3 Å². The number of carboxylic acid groups (broad SMARTS) is 2. The van der Waals surface area contributed by atoms with Gasteiger partial charge in [-0.1, -0.05) is 208 Å². The number of hydrogen-bond donors (Lipinski definition) is 11. The maximum absolute atomic E-state index is 11.4. The number of hydrazone groups is 2. The number of carbonyl (C=O) groups is 7. The first-order valence-electron chi connectivity index (χ1n) is 31.4. The van der Waals surface area contributed by atoms with Crippen molar-refractivity contribution in [2.75, 3.05) is 11.2 Å². The fraction of sp³-hybridized carbons (Fsp3) is 0.0800. The molecule has 1 aliphatic rings. The fourth-order valence-electron chi connectivity index (χ4n) is 7.46. The number of H-pyrrole nitrogens is 3. The molecule has 0 unspecified atom stereocenters. The van der Waals surface area contributed by atoms with E-state index in [2.05, 4.69) is 88.5 Å². The quantitative estimate of drug-likeness (QED) is 0.00345. The Balaban J connectivity index is 0.00000131. The number of benzene rings is 7. The van der Waals surface area contributed by atoms with E-state index < -0.39 is 41.0 Å². The highest BCUT2D eigenvalue weighted by atomic mass is 127. The number of rotatable bonds is 17. The number of halogens is 11. The standard InChI is InChI=1S/C14H14ClN3O2.C11H7Cl2N3O.C11H10ClN3O3.C11H8ClN3O2.C8H8ClNS.C7H8ClN3.C7H6ClNS.C4H2O3.CH3I.CH4.2HI/c1-9(2)20-13(19)7-6-12-16-14(18-17-12)10-4-3-5-11(15)8-10;12-8-3-1-2-7(6-8)11-14-10(15-16-11)5-4-9(13)17;12-8-3-1-2-7(6-8)11(13)15-14-9(16)4-5-10(17)18;12-8-3-1-2-7(6-8)11-13-9(14-15-11)4-5-10(16)17;1-11-8(10)6-3-2-4-7(9)5-6;8-6-3-1-2-5(4-6)7(9)11-10;8-6-3-1-2-5(4-6)7(9)10;5-3-1-2-4(6)7-3;1-2;;;/h3-9H,1-2H3,(H,16,17,18);1-6H,(H,14,15,16);1-6H,(H2,13,15)(H,14,16)(H,17,18);1-6H,(H,16,17)(H,13,14,15);2-5,10H,1H3;1-4H,10H2,(H2,9,11);1-4H,(H2,9,10);1-2H;1H3;1H4;2*1H/b7-6-;3*5-4-;;;;;;;;. The molecule has 1 aliphatic heterocycles. The Morgan fingerprint density at radius 2 is 0.879 bits per heavy atom. The number of aromatic amines is 3. The monoisotopic (exact) mass is 2110 g/mol. The highest BCUT2D eigenvalue weighted by Crippen LogP contribution is 2.23. The highest BCUT2D eigenvalue weighted by Gasteiger charge is 2.12. The van der Waals surface area contributed by atoms with Gasteiger partial charge in [0.15, 0.2) is 23.3 Å². The average Bonchev–Trinajstić information content (AvgIpc) is 1.72. The van der Waals surface area contributed by atoms with Crippen LogP contribution in [0.25, 0.3) is 52.4 Å². The number of thiocarbonyl (C=S) groups is 1. The Labute approximate surface area is 763 Å². The first-order valence-corrected chi connectivity index (χ1v) is 38.2. The third kappa shape index (κ3) is 45.1. The molecule has 0 atom stereocenters. The molecule has 11 rings (SSSR count). The number of amides is 1. The van der Waals surface area contributed by atoms with E-state index in [-0.39, 0.29) is 73.2 Å². The molecular formula is C75H72Cl8I3N17O11S2. The van der Waals surface area contributed by atoms with Crippen LogP contribution in [0.5, 0.6) is 0 Å². The summed E-state index contributed by atoms with van der Waals surface area (Å²) in [5.41, 5.74) is 23.8. The number of aromatic nitrogens is 9. The van der Waals surface area contributed by atoms with Crippen molar-refractivity contribution in [2.24, 2.45) is 33.2 Å². The second kappa shape index (κ2) is 59.2. The lowest BCUT2D eigenvalue weighted by atomic mass is 10.2. The minimum absolute atomic E-state index is 0. The van der Waals surface area contributed by atoms with Crippen LogP contribution >= 0.6 is 187 Å². The maximum atomic E-state index is 11.4. The molecule has 116 heavy (non-hydrogen) atoms. The number of allylic oxidation sites excluding steroid dienone is 1. The third-order valence-corrected chi connectivity index (χ3v) is 14.9. The van der Waals surface area contributed by atoms with Crippen LogP contribution in [0.1, 0.15) is 61.0 Å². The van der Waals surface area contributed by atoms with Gasteiger partial charge >= 0.3 is 29.8 Å². The van der Waals surface area contributed by atoms with E-state index in [0.29, 0.717) is 91.8 Å². The average molecular weight is 2120 g/mol. The molecule has 0 bridgehead atoms. The minimum atomic E-state index is -1.23. The normalized spacial score (nSPS) is 10.8. The fourth-order valence-corrected chi connectivity index (χ4v) is 9.34. The molecular weight excluding hydrogens is 2040 g/mol. The molecule has 0 saturated carbocycles. The van der Waals surface area contributed by atoms with Crippen LogP contribution in [-0.4, -0.2) is 136 Å². The molecule has 1 amide bonds. The largest absolute Gasteiger partial charge is 0.478 e. The first kappa shape index (κ1) is 107. The molecule has 0 radical (unpaired) electrons. The molecule has 7 aromatic carbocycles. The zero-order valence-corrected chi connectivity index (χ0v) is 74.5. The lowest BCUT2D eigenvalue weighted by molar-refractivity contribution is -0.150. The smallest absolute Gasteiger partial charge is 0.338 e. The predicted octanol–water partition coefficient (Wildman–Crippen LogP) is 17.4. The van der Waals surface area contributed by atoms with Crippen molar-refractivity contribution in [1.82, 2.24) is 51.0 Å². The van der Waals surface area contributed by atoms with Crippen molar-refractivity contribution in [3.8, 4) is 34.2 Å². The number of esters is 3. The van der Waals surface area contributed by atoms with Crippen molar-refractivity contribution < 1.29 is 53.2 Å². The van der Waals surface area contributed by atoms with Gasteiger partial charge in [0, 0.05) is 117 Å². The van der Waals surface area contributed by atoms with E-state index >= 15 is 0 Å². The number of cyclic esters (lactones) is 2. The molecule has 41 heteroatoms. The molecule has 612 valence electrons. The summed E-state index contributed by atoms with van der Waals surface area (Å²) in [6, 6.07) is 49.6. The lowest BCUT2D eigenvalue weighted by Crippen LogP contribution is -2.22. The van der Waals surface area contributed by atoms with Crippen LogP contribution in [0.15, 0.2) is 223 Å². The Morgan fingerprint density at radius 1 is 0.543 bits per heavy atom. The van der Waals surface area contributed by atoms with Gasteiger partial charge < -0.3 is 42.7 Å². The summed E-state index contributed by atoms with van der Waals surface area (Å²) in [6.07, 6.45) is 13.2. The summed E-state index contributed by atoms with van der Waals surface area (Å²) in [4.78, 5) is 88.2. The third-order valence-electron chi connectivity index (χ3n) is 12.2. The second-order valence-electron chi connectivity index (χ2n) is 21.0. The van der Waals surface area contributed by atoms with Gasteiger partial charge in [-0.25, -0.2) is 44.4 Å². The number of alkyl halides is 1. The van der Waals surface area contributed by atoms with Crippen molar-refractivity contribution >= 4 is 268 Å². The molecule has 15 N–H and O–H groups in total. The van der Waals surface area contributed by atoms with Gasteiger partial charge in [-0.2, -0.15) is 25.5 Å². The summed E-state index contributed by atoms with van der Waals surface area (Å²) < 4.78 is 8.95. The van der Waals surface area contributed by atoms with Crippen LogP contribution in [0, 0.1) is 5.41 Å². The number of nitrogens with two attached hydrogens (primary N) is 4. The predicted molar refractivity (Wildman–Crippen MR) is 498 cm³/mol. The number of ether oxygens (including phenoxy) is 2. The Kier molecular flexibility index (Phi) is 54.4. The summed E-state index contributed by atoms with van der Waals surface area (Å²) in [5, 5.41) is 55.5. The first-order chi connectivity index (χ1) is 53.8. The Morgan fingerprint density at radius 3 is 1.20 bits per heavy atom. The minimum Gasteiger partial charge on any atom is -0.478 e. The Hall–Kier alpha value is -9.49. The Bertz CT molecular complexity index is 5010. The maximum Gasteiger partial charge on any atom is 0.338 e. The molecule has 0 aliphatic carbocycles. The SMILES string of the molecule is C.CC(C)OC(=O)/C=C\c1nc(-c2cccc(Cl)c2)n[nH]1.CI.CSC(=N)c1cccc(Cl)c1.I.I.NC(=NNC(=O)/C=C\C(=O)O)c1cccc(Cl)c1.NC(=S)c1cccc(Cl)c1.NN=C(N)c1cccc(Cl)c1.O=C(Cl)/C=C\c1nc(-c2cccc(Cl)c2)n[nH]1.O=C(O)/C=C\c1nc(-c2cccc(Cl)c2)n[nH]1.O=C1C=CC(=O)O1. The van der Waals surface area contributed by atoms with Gasteiger partial charge in [0.1, 0.15) is 28.3 Å². The molecule has 0 spiro atoms. The number of nitrogens with one attached hydrogen (secondary N) is 5. The van der Waals surface area contributed by atoms with Crippen LogP contribution in [0.2, 0.25) is 35.2 Å². The van der Waals surface area contributed by atoms with Gasteiger partial charge in [-0.05, 0) is 140 Å². The lowest BCUT2D eigenvalue weighted by Gasteiger charge is -2.03. The number of nitrogens with zero attached hydrogens (tertiary/aromatic N) is 8. The van der Waals surface area contributed by atoms with Gasteiger partial charge in [0.2, 0.25) is 5.24 Å². The number of amidine groups is 2. The zero-order valence-electron chi connectivity index (χ0n) is 60.0. The number of carbonyl (C=O) groups excluding carboxylic acids is 5. The molecule has 28 nitrogen and oxygen atoms in total. The van der Waals surface area contributed by atoms with Crippen molar-refractivity contribution in [3.63, 3.8) is 0 Å².